The molecule has 0 spiro atoms. The molecule has 1 fully saturated rings. The number of urea groups is 1. The minimum Gasteiger partial charge on any atom is -0.325 e. The lowest BCUT2D eigenvalue weighted by Gasteiger charge is -2.22. The SMILES string of the molecule is C[C@@]1(c2ccc3ccccc3c2)NC(=O)N(CC(=O)Nc2ccc(CC#N)cc2)C1=O. The summed E-state index contributed by atoms with van der Waals surface area (Å²) in [4.78, 5) is 39.0. The molecule has 1 aliphatic heterocycles. The van der Waals surface area contributed by atoms with Gasteiger partial charge < -0.3 is 10.6 Å². The summed E-state index contributed by atoms with van der Waals surface area (Å²) in [6.07, 6.45) is 0.282. The number of hydrogen-bond acceptors (Lipinski definition) is 4. The standard InChI is InChI=1S/C24H20N4O3/c1-24(19-9-8-17-4-2-3-5-18(17)14-19)22(30)28(23(31)27-24)15-21(29)26-20-10-6-16(7-11-20)12-13-25/h2-11,14H,12,15H2,1H3,(H,26,29)(H,27,31)/t24-/m0/s1. The van der Waals surface area contributed by atoms with E-state index in [4.69, 9.17) is 5.26 Å². The quantitative estimate of drug-likeness (QED) is 0.628. The van der Waals surface area contributed by atoms with Crippen LogP contribution in [0.4, 0.5) is 10.5 Å². The third kappa shape index (κ3) is 3.83. The molecule has 3 aromatic carbocycles. The fraction of sp³-hybridized carbons (Fsp3) is 0.167. The molecule has 3 aromatic rings. The highest BCUT2D eigenvalue weighted by Gasteiger charge is 2.49. The molecule has 1 aliphatic rings. The molecule has 7 nitrogen and oxygen atoms in total. The molecular formula is C24H20N4O3. The maximum absolute atomic E-state index is 13.1. The van der Waals surface area contributed by atoms with E-state index in [0.717, 1.165) is 21.2 Å². The highest BCUT2D eigenvalue weighted by Crippen LogP contribution is 2.31. The van der Waals surface area contributed by atoms with Crippen LogP contribution >= 0.6 is 0 Å². The molecule has 1 heterocycles. The van der Waals surface area contributed by atoms with Crippen molar-refractivity contribution in [2.45, 2.75) is 18.9 Å². The van der Waals surface area contributed by atoms with Crippen LogP contribution in [0.25, 0.3) is 10.8 Å². The van der Waals surface area contributed by atoms with Crippen LogP contribution in [0.3, 0.4) is 0 Å². The summed E-state index contributed by atoms with van der Waals surface area (Å²) in [6, 6.07) is 21.6. The molecule has 0 aliphatic carbocycles. The van der Waals surface area contributed by atoms with Crippen LogP contribution in [-0.4, -0.2) is 29.3 Å². The molecule has 154 valence electrons. The Kier molecular flexibility index (Phi) is 5.14. The zero-order valence-electron chi connectivity index (χ0n) is 16.9. The number of amides is 4. The highest BCUT2D eigenvalue weighted by atomic mass is 16.2. The molecule has 4 rings (SSSR count). The Morgan fingerprint density at radius 3 is 2.48 bits per heavy atom. The molecule has 0 bridgehead atoms. The van der Waals surface area contributed by atoms with E-state index in [1.165, 1.54) is 0 Å². The van der Waals surface area contributed by atoms with Gasteiger partial charge in [-0.25, -0.2) is 4.79 Å². The number of nitrogens with one attached hydrogen (secondary N) is 2. The summed E-state index contributed by atoms with van der Waals surface area (Å²) < 4.78 is 0. The topological polar surface area (TPSA) is 102 Å². The minimum atomic E-state index is -1.25. The molecule has 4 amide bonds. The van der Waals surface area contributed by atoms with E-state index >= 15 is 0 Å². The Labute approximate surface area is 179 Å². The molecule has 0 aromatic heterocycles. The van der Waals surface area contributed by atoms with Crippen molar-refractivity contribution >= 4 is 34.3 Å². The van der Waals surface area contributed by atoms with Crippen molar-refractivity contribution in [2.24, 2.45) is 0 Å². The molecule has 0 saturated carbocycles. The first-order chi connectivity index (χ1) is 14.9. The molecule has 1 saturated heterocycles. The van der Waals surface area contributed by atoms with Gasteiger partial charge in [0.1, 0.15) is 12.1 Å². The van der Waals surface area contributed by atoms with Gasteiger partial charge in [0.15, 0.2) is 0 Å². The van der Waals surface area contributed by atoms with Crippen molar-refractivity contribution in [3.8, 4) is 6.07 Å². The minimum absolute atomic E-state index is 0.282. The normalized spacial score (nSPS) is 18.0. The van der Waals surface area contributed by atoms with Gasteiger partial charge in [-0.1, -0.05) is 48.5 Å². The predicted molar refractivity (Wildman–Crippen MR) is 116 cm³/mol. The molecular weight excluding hydrogens is 392 g/mol. The fourth-order valence-electron chi connectivity index (χ4n) is 3.68. The van der Waals surface area contributed by atoms with Crippen LogP contribution in [0.2, 0.25) is 0 Å². The summed E-state index contributed by atoms with van der Waals surface area (Å²) in [5, 5.41) is 16.1. The van der Waals surface area contributed by atoms with Crippen LogP contribution in [0.1, 0.15) is 18.1 Å². The lowest BCUT2D eigenvalue weighted by atomic mass is 9.90. The lowest BCUT2D eigenvalue weighted by molar-refractivity contribution is -0.133. The monoisotopic (exact) mass is 412 g/mol. The van der Waals surface area contributed by atoms with Crippen molar-refractivity contribution in [3.05, 3.63) is 77.9 Å². The van der Waals surface area contributed by atoms with Crippen molar-refractivity contribution < 1.29 is 14.4 Å². The number of hydrogen-bond donors (Lipinski definition) is 2. The maximum atomic E-state index is 13.1. The number of carbonyl (C=O) groups is 3. The van der Waals surface area contributed by atoms with Crippen molar-refractivity contribution in [2.75, 3.05) is 11.9 Å². The van der Waals surface area contributed by atoms with Crippen LogP contribution in [0.5, 0.6) is 0 Å². The van der Waals surface area contributed by atoms with E-state index in [1.54, 1.807) is 31.2 Å². The Balaban J connectivity index is 1.49. The van der Waals surface area contributed by atoms with Gasteiger partial charge in [0.25, 0.3) is 5.91 Å². The number of anilines is 1. The van der Waals surface area contributed by atoms with Crippen molar-refractivity contribution in [1.82, 2.24) is 10.2 Å². The molecule has 0 unspecified atom stereocenters. The fourth-order valence-corrected chi connectivity index (χ4v) is 3.68. The Morgan fingerprint density at radius 1 is 1.06 bits per heavy atom. The molecule has 1 atom stereocenters. The van der Waals surface area contributed by atoms with Gasteiger partial charge in [-0.2, -0.15) is 5.26 Å². The number of benzene rings is 3. The lowest BCUT2D eigenvalue weighted by Crippen LogP contribution is -2.42. The number of carbonyl (C=O) groups excluding carboxylic acids is 3. The zero-order chi connectivity index (χ0) is 22.0. The predicted octanol–water partition coefficient (Wildman–Crippen LogP) is 3.31. The maximum Gasteiger partial charge on any atom is 0.325 e. The van der Waals surface area contributed by atoms with Crippen LogP contribution in [0.15, 0.2) is 66.7 Å². The first-order valence-electron chi connectivity index (χ1n) is 9.80. The largest absolute Gasteiger partial charge is 0.325 e. The van der Waals surface area contributed by atoms with Crippen molar-refractivity contribution in [1.29, 1.82) is 5.26 Å². The summed E-state index contributed by atoms with van der Waals surface area (Å²) in [7, 11) is 0. The highest BCUT2D eigenvalue weighted by molar-refractivity contribution is 6.10. The zero-order valence-corrected chi connectivity index (χ0v) is 16.9. The van der Waals surface area contributed by atoms with Crippen LogP contribution in [0, 0.1) is 11.3 Å². The molecule has 31 heavy (non-hydrogen) atoms. The van der Waals surface area contributed by atoms with Crippen molar-refractivity contribution in [3.63, 3.8) is 0 Å². The number of rotatable bonds is 5. The summed E-state index contributed by atoms with van der Waals surface area (Å²) in [5.74, 6) is -0.966. The number of fused-ring (bicyclic) bond motifs is 1. The number of nitriles is 1. The van der Waals surface area contributed by atoms with Gasteiger partial charge in [-0.05, 0) is 47.0 Å². The third-order valence-corrected chi connectivity index (χ3v) is 5.42. The van der Waals surface area contributed by atoms with E-state index < -0.39 is 29.9 Å². The van der Waals surface area contributed by atoms with Gasteiger partial charge in [0.05, 0.1) is 12.5 Å². The second kappa shape index (κ2) is 7.92. The van der Waals surface area contributed by atoms with E-state index in [9.17, 15) is 14.4 Å². The van der Waals surface area contributed by atoms with E-state index in [-0.39, 0.29) is 6.42 Å². The summed E-state index contributed by atoms with van der Waals surface area (Å²) >= 11 is 0. The van der Waals surface area contributed by atoms with E-state index in [2.05, 4.69) is 16.7 Å². The van der Waals surface area contributed by atoms with Crippen LogP contribution < -0.4 is 10.6 Å². The third-order valence-electron chi connectivity index (χ3n) is 5.42. The Hall–Kier alpha value is -4.18. The Bertz CT molecular complexity index is 1230. The second-order valence-electron chi connectivity index (χ2n) is 7.59. The number of imide groups is 1. The summed E-state index contributed by atoms with van der Waals surface area (Å²) in [5.41, 5.74) is 0.762. The van der Waals surface area contributed by atoms with E-state index in [1.807, 2.05) is 42.5 Å². The van der Waals surface area contributed by atoms with Gasteiger partial charge in [0.2, 0.25) is 5.91 Å². The van der Waals surface area contributed by atoms with Crippen LogP contribution in [-0.2, 0) is 21.5 Å². The number of nitrogens with zero attached hydrogens (tertiary/aromatic N) is 2. The van der Waals surface area contributed by atoms with Gasteiger partial charge in [-0.3, -0.25) is 14.5 Å². The summed E-state index contributed by atoms with van der Waals surface area (Å²) in [6.45, 7) is 1.25. The smallest absolute Gasteiger partial charge is 0.325 e. The first-order valence-corrected chi connectivity index (χ1v) is 9.80. The second-order valence-corrected chi connectivity index (χ2v) is 7.59. The molecule has 2 N–H and O–H groups in total. The van der Waals surface area contributed by atoms with Gasteiger partial charge in [-0.15, -0.1) is 0 Å². The average Bonchev–Trinajstić information content (AvgIpc) is 2.99. The van der Waals surface area contributed by atoms with Gasteiger partial charge in [0, 0.05) is 5.69 Å². The molecule has 0 radical (unpaired) electrons. The molecule has 7 heteroatoms. The Morgan fingerprint density at radius 2 is 1.77 bits per heavy atom. The first kappa shape index (κ1) is 20.1. The van der Waals surface area contributed by atoms with E-state index in [0.29, 0.717) is 11.3 Å². The van der Waals surface area contributed by atoms with Gasteiger partial charge >= 0.3 is 6.03 Å². The average molecular weight is 412 g/mol.